The number of carbonyl (C=O) groups is 2. The minimum absolute atomic E-state index is 0.0232. The second-order valence-corrected chi connectivity index (χ2v) is 6.98. The summed E-state index contributed by atoms with van der Waals surface area (Å²) < 4.78 is 5.15. The van der Waals surface area contributed by atoms with Crippen LogP contribution >= 0.6 is 0 Å². The summed E-state index contributed by atoms with van der Waals surface area (Å²) in [6.07, 6.45) is 1.92. The Kier molecular flexibility index (Phi) is 5.79. The Labute approximate surface area is 167 Å². The van der Waals surface area contributed by atoms with Crippen molar-refractivity contribution < 1.29 is 24.0 Å². The van der Waals surface area contributed by atoms with E-state index < -0.39 is 28.4 Å². The van der Waals surface area contributed by atoms with Crippen molar-refractivity contribution in [3.05, 3.63) is 75.4 Å². The molecular formula is C20H21N3O6. The van der Waals surface area contributed by atoms with E-state index in [2.05, 4.69) is 0 Å². The highest BCUT2D eigenvalue weighted by molar-refractivity contribution is 6.15. The summed E-state index contributed by atoms with van der Waals surface area (Å²) in [5, 5.41) is 21.7. The van der Waals surface area contributed by atoms with Crippen LogP contribution in [0.15, 0.2) is 58.4 Å². The van der Waals surface area contributed by atoms with Crippen LogP contribution in [0.1, 0.15) is 28.6 Å². The van der Waals surface area contributed by atoms with Gasteiger partial charge in [-0.3, -0.25) is 19.7 Å². The Morgan fingerprint density at radius 2 is 2.07 bits per heavy atom. The van der Waals surface area contributed by atoms with Crippen molar-refractivity contribution in [2.75, 3.05) is 27.2 Å². The smallest absolute Gasteiger partial charge is 0.290 e. The normalized spacial score (nSPS) is 16.7. The molecular weight excluding hydrogens is 378 g/mol. The Morgan fingerprint density at radius 1 is 1.31 bits per heavy atom. The van der Waals surface area contributed by atoms with Crippen LogP contribution in [0.3, 0.4) is 0 Å². The molecule has 9 heteroatoms. The molecule has 0 unspecified atom stereocenters. The first-order chi connectivity index (χ1) is 13.8. The first-order valence-corrected chi connectivity index (χ1v) is 9.02. The number of ketones is 1. The number of nitro benzene ring substituents is 1. The van der Waals surface area contributed by atoms with E-state index in [9.17, 15) is 24.8 Å². The quantitative estimate of drug-likeness (QED) is 0.412. The lowest BCUT2D eigenvalue weighted by atomic mass is 9.94. The zero-order valence-corrected chi connectivity index (χ0v) is 16.1. The number of hydrogen-bond donors (Lipinski definition) is 1. The summed E-state index contributed by atoms with van der Waals surface area (Å²) in [6.45, 7) is 0.955. The first kappa shape index (κ1) is 20.3. The molecule has 0 spiro atoms. The molecule has 1 atom stereocenters. The minimum atomic E-state index is -0.942. The third kappa shape index (κ3) is 4.04. The molecule has 2 aromatic rings. The number of nitrogens with zero attached hydrogens (tertiary/aromatic N) is 3. The molecule has 1 aromatic heterocycles. The SMILES string of the molecule is CN(C)CCCN1C(=O)C(O)=C(C(=O)c2ccco2)[C@H]1c1cccc([N+](=O)[O-])c1. The minimum Gasteiger partial charge on any atom is -0.503 e. The third-order valence-corrected chi connectivity index (χ3v) is 4.69. The fourth-order valence-electron chi connectivity index (χ4n) is 3.37. The molecule has 29 heavy (non-hydrogen) atoms. The molecule has 1 amide bonds. The summed E-state index contributed by atoms with van der Waals surface area (Å²) in [4.78, 5) is 39.7. The molecule has 3 rings (SSSR count). The largest absolute Gasteiger partial charge is 0.503 e. The highest BCUT2D eigenvalue weighted by Crippen LogP contribution is 2.39. The average Bonchev–Trinajstić information content (AvgIpc) is 3.30. The molecule has 0 bridgehead atoms. The predicted molar refractivity (Wildman–Crippen MR) is 103 cm³/mol. The number of furan rings is 1. The molecule has 9 nitrogen and oxygen atoms in total. The molecule has 152 valence electrons. The van der Waals surface area contributed by atoms with Crippen molar-refractivity contribution in [1.82, 2.24) is 9.80 Å². The highest BCUT2D eigenvalue weighted by Gasteiger charge is 2.44. The lowest BCUT2D eigenvalue weighted by molar-refractivity contribution is -0.384. The van der Waals surface area contributed by atoms with Crippen LogP contribution < -0.4 is 0 Å². The molecule has 2 heterocycles. The Hall–Kier alpha value is -3.46. The second-order valence-electron chi connectivity index (χ2n) is 6.98. The number of amides is 1. The highest BCUT2D eigenvalue weighted by atomic mass is 16.6. The number of hydrogen-bond acceptors (Lipinski definition) is 7. The molecule has 1 N–H and O–H groups in total. The van der Waals surface area contributed by atoms with Crippen LogP contribution in [-0.2, 0) is 4.79 Å². The lowest BCUT2D eigenvalue weighted by Gasteiger charge is -2.27. The van der Waals surface area contributed by atoms with E-state index in [1.807, 2.05) is 19.0 Å². The number of nitro groups is 1. The van der Waals surface area contributed by atoms with Crippen molar-refractivity contribution in [2.24, 2.45) is 0 Å². The molecule has 0 saturated carbocycles. The maximum Gasteiger partial charge on any atom is 0.290 e. The van der Waals surface area contributed by atoms with Gasteiger partial charge >= 0.3 is 0 Å². The van der Waals surface area contributed by atoms with E-state index in [4.69, 9.17) is 4.42 Å². The number of aliphatic hydroxyl groups is 1. The molecule has 1 aliphatic heterocycles. The van der Waals surface area contributed by atoms with E-state index in [-0.39, 0.29) is 23.6 Å². The first-order valence-electron chi connectivity index (χ1n) is 9.02. The summed E-state index contributed by atoms with van der Waals surface area (Å²) in [5.74, 6) is -2.00. The van der Waals surface area contributed by atoms with Crippen LogP contribution in [-0.4, -0.2) is 58.7 Å². The van der Waals surface area contributed by atoms with Crippen molar-refractivity contribution in [1.29, 1.82) is 0 Å². The van der Waals surface area contributed by atoms with E-state index in [1.165, 1.54) is 41.5 Å². The monoisotopic (exact) mass is 399 g/mol. The summed E-state index contributed by atoms with van der Waals surface area (Å²) in [7, 11) is 3.79. The zero-order chi connectivity index (χ0) is 21.1. The molecule has 1 aliphatic rings. The number of non-ortho nitro benzene ring substituents is 1. The van der Waals surface area contributed by atoms with Gasteiger partial charge in [-0.05, 0) is 44.8 Å². The molecule has 0 fully saturated rings. The Balaban J connectivity index is 2.04. The standard InChI is InChI=1S/C20H21N3O6/c1-21(2)9-5-10-22-17(13-6-3-7-14(12-13)23(27)28)16(19(25)20(22)26)18(24)15-8-4-11-29-15/h3-4,6-8,11-12,17,25H,5,9-10H2,1-2H3/t17-/m1/s1. The van der Waals surface area contributed by atoms with Gasteiger partial charge in [-0.25, -0.2) is 0 Å². The molecule has 0 radical (unpaired) electrons. The maximum absolute atomic E-state index is 13.0. The maximum atomic E-state index is 13.0. The topological polar surface area (TPSA) is 117 Å². The average molecular weight is 399 g/mol. The van der Waals surface area contributed by atoms with Gasteiger partial charge in [0.05, 0.1) is 22.8 Å². The fraction of sp³-hybridized carbons (Fsp3) is 0.300. The molecule has 0 aliphatic carbocycles. The van der Waals surface area contributed by atoms with Crippen LogP contribution in [0.4, 0.5) is 5.69 Å². The number of Topliss-reactive ketones (excluding diaryl/α,β-unsaturated/α-hetero) is 1. The summed E-state index contributed by atoms with van der Waals surface area (Å²) >= 11 is 0. The molecule has 1 aromatic carbocycles. The number of rotatable bonds is 8. The van der Waals surface area contributed by atoms with Crippen LogP contribution in [0.25, 0.3) is 0 Å². The van der Waals surface area contributed by atoms with Crippen molar-refractivity contribution in [3.8, 4) is 0 Å². The van der Waals surface area contributed by atoms with Gasteiger partial charge in [0.1, 0.15) is 0 Å². The number of carbonyl (C=O) groups excluding carboxylic acids is 2. The number of benzene rings is 1. The van der Waals surface area contributed by atoms with E-state index in [1.54, 1.807) is 6.07 Å². The van der Waals surface area contributed by atoms with Gasteiger partial charge in [-0.1, -0.05) is 12.1 Å². The Bertz CT molecular complexity index is 964. The second kappa shape index (κ2) is 8.27. The summed E-state index contributed by atoms with van der Waals surface area (Å²) in [5.41, 5.74) is 0.0611. The zero-order valence-electron chi connectivity index (χ0n) is 16.1. The Morgan fingerprint density at radius 3 is 2.69 bits per heavy atom. The van der Waals surface area contributed by atoms with Crippen LogP contribution in [0.5, 0.6) is 0 Å². The van der Waals surface area contributed by atoms with E-state index >= 15 is 0 Å². The van der Waals surface area contributed by atoms with Gasteiger partial charge in [0.15, 0.2) is 11.5 Å². The van der Waals surface area contributed by atoms with Crippen molar-refractivity contribution in [2.45, 2.75) is 12.5 Å². The van der Waals surface area contributed by atoms with Crippen LogP contribution in [0, 0.1) is 10.1 Å². The van der Waals surface area contributed by atoms with Crippen molar-refractivity contribution >= 4 is 17.4 Å². The van der Waals surface area contributed by atoms with Gasteiger partial charge in [0.2, 0.25) is 5.78 Å². The van der Waals surface area contributed by atoms with Gasteiger partial charge in [-0.2, -0.15) is 0 Å². The van der Waals surface area contributed by atoms with Gasteiger partial charge in [0, 0.05) is 18.7 Å². The van der Waals surface area contributed by atoms with Crippen molar-refractivity contribution in [3.63, 3.8) is 0 Å². The molecule has 0 saturated heterocycles. The van der Waals surface area contributed by atoms with Gasteiger partial charge < -0.3 is 19.3 Å². The van der Waals surface area contributed by atoms with Crippen LogP contribution in [0.2, 0.25) is 0 Å². The van der Waals surface area contributed by atoms with E-state index in [0.29, 0.717) is 18.5 Å². The fourth-order valence-corrected chi connectivity index (χ4v) is 3.37. The summed E-state index contributed by atoms with van der Waals surface area (Å²) in [6, 6.07) is 7.74. The lowest BCUT2D eigenvalue weighted by Crippen LogP contribution is -2.33. The van der Waals surface area contributed by atoms with Gasteiger partial charge in [-0.15, -0.1) is 0 Å². The number of aliphatic hydroxyl groups excluding tert-OH is 1. The van der Waals surface area contributed by atoms with E-state index in [0.717, 1.165) is 0 Å². The third-order valence-electron chi connectivity index (χ3n) is 4.69. The van der Waals surface area contributed by atoms with Gasteiger partial charge in [0.25, 0.3) is 11.6 Å². The predicted octanol–water partition coefficient (Wildman–Crippen LogP) is 2.72.